The number of nitrogens with zero attached hydrogens (tertiary/aromatic N) is 2. The number of aliphatic imine (C=N–C) groups is 1. The van der Waals surface area contributed by atoms with Gasteiger partial charge < -0.3 is 15.8 Å². The number of nitrogens with one attached hydrogen (secondary N) is 2. The molecule has 0 spiro atoms. The summed E-state index contributed by atoms with van der Waals surface area (Å²) in [6, 6.07) is 1.83. The maximum absolute atomic E-state index is 11.9. The lowest BCUT2D eigenvalue weighted by Crippen LogP contribution is -2.28. The van der Waals surface area contributed by atoms with Crippen LogP contribution in [-0.4, -0.2) is 29.8 Å². The summed E-state index contributed by atoms with van der Waals surface area (Å²) in [6.07, 6.45) is 1.74. The molecule has 0 aromatic rings. The van der Waals surface area contributed by atoms with Crippen molar-refractivity contribution in [2.75, 3.05) is 12.9 Å². The second-order valence-electron chi connectivity index (χ2n) is 3.40. The molecule has 1 aliphatic rings. The standard InChI is InChI=1S/C11H12ClN5O2S/c1-3-19-10(18)6(9(14)15)7-5(4-13)8(12)17-11(16-7)20-2/h3H2,1-2H3,(H3,14,15)(H,16,17)/b7-6+. The Morgan fingerprint density at radius 1 is 1.70 bits per heavy atom. The molecular formula is C11H12ClN5O2S. The van der Waals surface area contributed by atoms with Crippen molar-refractivity contribution in [2.45, 2.75) is 6.92 Å². The number of hydrogen-bond acceptors (Lipinski definition) is 7. The van der Waals surface area contributed by atoms with Crippen LogP contribution in [0.1, 0.15) is 6.92 Å². The minimum atomic E-state index is -0.821. The first-order chi connectivity index (χ1) is 9.46. The molecule has 0 bridgehead atoms. The number of rotatable bonds is 3. The fraction of sp³-hybridized carbons (Fsp3) is 0.273. The van der Waals surface area contributed by atoms with Gasteiger partial charge >= 0.3 is 5.97 Å². The van der Waals surface area contributed by atoms with Gasteiger partial charge in [0.1, 0.15) is 33.9 Å². The third-order valence-electron chi connectivity index (χ3n) is 2.18. The predicted molar refractivity (Wildman–Crippen MR) is 78.2 cm³/mol. The summed E-state index contributed by atoms with van der Waals surface area (Å²) in [4.78, 5) is 16.0. The highest BCUT2D eigenvalue weighted by atomic mass is 35.5. The summed E-state index contributed by atoms with van der Waals surface area (Å²) < 4.78 is 4.83. The maximum atomic E-state index is 11.9. The van der Waals surface area contributed by atoms with Crippen LogP contribution in [0, 0.1) is 16.7 Å². The normalized spacial score (nSPS) is 16.8. The molecule has 7 nitrogen and oxygen atoms in total. The van der Waals surface area contributed by atoms with Crippen LogP contribution in [0.25, 0.3) is 0 Å². The zero-order valence-electron chi connectivity index (χ0n) is 10.8. The Morgan fingerprint density at radius 3 is 2.80 bits per heavy atom. The number of esters is 1. The van der Waals surface area contributed by atoms with Crippen molar-refractivity contribution in [3.05, 3.63) is 22.0 Å². The van der Waals surface area contributed by atoms with Crippen molar-refractivity contribution >= 4 is 40.3 Å². The van der Waals surface area contributed by atoms with Gasteiger partial charge in [0, 0.05) is 0 Å². The fourth-order valence-electron chi connectivity index (χ4n) is 1.36. The molecule has 0 unspecified atom stereocenters. The summed E-state index contributed by atoms with van der Waals surface area (Å²) in [5.41, 5.74) is 4.99. The van der Waals surface area contributed by atoms with Crippen molar-refractivity contribution in [1.29, 1.82) is 10.7 Å². The van der Waals surface area contributed by atoms with Crippen molar-refractivity contribution in [2.24, 2.45) is 10.7 Å². The number of carbonyl (C=O) groups excluding carboxylic acids is 1. The molecule has 0 aromatic heterocycles. The molecule has 4 N–H and O–H groups in total. The highest BCUT2D eigenvalue weighted by Gasteiger charge is 2.27. The number of ether oxygens (including phenoxy) is 1. The van der Waals surface area contributed by atoms with Crippen molar-refractivity contribution in [3.8, 4) is 6.07 Å². The molecule has 0 radical (unpaired) electrons. The van der Waals surface area contributed by atoms with Crippen LogP contribution in [0.15, 0.2) is 27.0 Å². The predicted octanol–water partition coefficient (Wildman–Crippen LogP) is 1.04. The number of halogens is 1. The van der Waals surface area contributed by atoms with Gasteiger partial charge in [-0.05, 0) is 13.2 Å². The zero-order chi connectivity index (χ0) is 15.3. The lowest BCUT2D eigenvalue weighted by atomic mass is 10.1. The monoisotopic (exact) mass is 313 g/mol. The molecule has 0 atom stereocenters. The van der Waals surface area contributed by atoms with Gasteiger partial charge in [-0.2, -0.15) is 5.26 Å². The topological polar surface area (TPSA) is 124 Å². The van der Waals surface area contributed by atoms with Crippen LogP contribution in [0.3, 0.4) is 0 Å². The third-order valence-corrected chi connectivity index (χ3v) is 3.04. The highest BCUT2D eigenvalue weighted by molar-refractivity contribution is 8.13. The van der Waals surface area contributed by atoms with Gasteiger partial charge in [0.05, 0.1) is 6.61 Å². The Bertz CT molecular complexity index is 588. The second kappa shape index (κ2) is 6.98. The first kappa shape index (κ1) is 16.1. The number of nitrogens with two attached hydrogens (primary N) is 1. The first-order valence-corrected chi connectivity index (χ1v) is 7.02. The molecular weight excluding hydrogens is 302 g/mol. The van der Waals surface area contributed by atoms with Crippen molar-refractivity contribution < 1.29 is 9.53 Å². The van der Waals surface area contributed by atoms with E-state index >= 15 is 0 Å². The van der Waals surface area contributed by atoms with Crippen LogP contribution in [0.5, 0.6) is 0 Å². The van der Waals surface area contributed by atoms with Crippen LogP contribution in [0.2, 0.25) is 0 Å². The Labute approximate surface area is 125 Å². The Balaban J connectivity index is 3.53. The molecule has 9 heteroatoms. The molecule has 1 aliphatic heterocycles. The molecule has 1 rings (SSSR count). The summed E-state index contributed by atoms with van der Waals surface area (Å²) in [6.45, 7) is 1.73. The van der Waals surface area contributed by atoms with Crippen LogP contribution in [0.4, 0.5) is 0 Å². The molecule has 0 aromatic carbocycles. The van der Waals surface area contributed by atoms with E-state index in [4.69, 9.17) is 32.7 Å². The molecule has 0 saturated carbocycles. The van der Waals surface area contributed by atoms with Gasteiger partial charge in [-0.3, -0.25) is 5.41 Å². The Kier molecular flexibility index (Phi) is 5.61. The molecule has 0 fully saturated rings. The number of hydrogen-bond donors (Lipinski definition) is 3. The smallest absolute Gasteiger partial charge is 0.344 e. The Hall–Kier alpha value is -1.98. The summed E-state index contributed by atoms with van der Waals surface area (Å²) in [5.74, 6) is -1.36. The van der Waals surface area contributed by atoms with Crippen molar-refractivity contribution in [3.63, 3.8) is 0 Å². The van der Waals surface area contributed by atoms with Gasteiger partial charge in [-0.1, -0.05) is 23.4 Å². The summed E-state index contributed by atoms with van der Waals surface area (Å²) in [5, 5.41) is 19.7. The summed E-state index contributed by atoms with van der Waals surface area (Å²) in [7, 11) is 0. The van der Waals surface area contributed by atoms with Gasteiger partial charge in [-0.25, -0.2) is 9.79 Å². The zero-order valence-corrected chi connectivity index (χ0v) is 12.4. The molecule has 0 saturated heterocycles. The van der Waals surface area contributed by atoms with Crippen molar-refractivity contribution in [1.82, 2.24) is 5.32 Å². The van der Waals surface area contributed by atoms with E-state index in [1.54, 1.807) is 13.2 Å². The van der Waals surface area contributed by atoms with Crippen LogP contribution in [-0.2, 0) is 9.53 Å². The molecule has 20 heavy (non-hydrogen) atoms. The van der Waals surface area contributed by atoms with E-state index in [2.05, 4.69) is 10.3 Å². The maximum Gasteiger partial charge on any atom is 0.344 e. The number of thioether (sulfide) groups is 1. The van der Waals surface area contributed by atoms with Crippen LogP contribution < -0.4 is 11.1 Å². The van der Waals surface area contributed by atoms with Gasteiger partial charge in [0.2, 0.25) is 0 Å². The Morgan fingerprint density at radius 2 is 2.35 bits per heavy atom. The van der Waals surface area contributed by atoms with E-state index in [-0.39, 0.29) is 28.6 Å². The minimum absolute atomic E-state index is 0.0184. The average molecular weight is 314 g/mol. The van der Waals surface area contributed by atoms with Gasteiger partial charge in [-0.15, -0.1) is 0 Å². The molecule has 1 heterocycles. The molecule has 106 valence electrons. The number of allylic oxidation sites excluding steroid dienone is 1. The largest absolute Gasteiger partial charge is 0.462 e. The number of carbonyl (C=O) groups is 1. The van der Waals surface area contributed by atoms with E-state index in [1.807, 2.05) is 6.07 Å². The lowest BCUT2D eigenvalue weighted by molar-refractivity contribution is -0.137. The van der Waals surface area contributed by atoms with E-state index in [1.165, 1.54) is 11.8 Å². The molecule has 0 amide bonds. The minimum Gasteiger partial charge on any atom is -0.462 e. The first-order valence-electron chi connectivity index (χ1n) is 5.41. The summed E-state index contributed by atoms with van der Waals surface area (Å²) >= 11 is 7.17. The van der Waals surface area contributed by atoms with Crippen LogP contribution >= 0.6 is 23.4 Å². The van der Waals surface area contributed by atoms with E-state index in [9.17, 15) is 4.79 Å². The average Bonchev–Trinajstić information content (AvgIpc) is 2.38. The lowest BCUT2D eigenvalue weighted by Gasteiger charge is -2.17. The number of nitriles is 1. The third kappa shape index (κ3) is 3.31. The van der Waals surface area contributed by atoms with E-state index < -0.39 is 11.8 Å². The quantitative estimate of drug-likeness (QED) is 0.235. The van der Waals surface area contributed by atoms with Gasteiger partial charge in [0.15, 0.2) is 5.17 Å². The highest BCUT2D eigenvalue weighted by Crippen LogP contribution is 2.26. The fourth-order valence-corrected chi connectivity index (χ4v) is 2.03. The second-order valence-corrected chi connectivity index (χ2v) is 4.58. The molecule has 0 aliphatic carbocycles. The SMILES string of the molecule is CCOC(=O)/C(C(=N)N)=C1/N=C(SC)NC(Cl)=C1C#N. The van der Waals surface area contributed by atoms with E-state index in [0.29, 0.717) is 5.17 Å². The van der Waals surface area contributed by atoms with E-state index in [0.717, 1.165) is 0 Å². The number of amidine groups is 2. The van der Waals surface area contributed by atoms with Gasteiger partial charge in [0.25, 0.3) is 0 Å².